The number of aromatic nitrogens is 4. The van der Waals surface area contributed by atoms with Crippen molar-refractivity contribution in [1.82, 2.24) is 25.5 Å². The molecular formula is C29H25ClFN5O5S. The van der Waals surface area contributed by atoms with Gasteiger partial charge in [-0.25, -0.2) is 12.8 Å². The van der Waals surface area contributed by atoms with Crippen molar-refractivity contribution in [2.75, 3.05) is 12.0 Å². The first kappa shape index (κ1) is 30.4. The fraction of sp³-hybridized carbons (Fsp3) is 0.172. The highest BCUT2D eigenvalue weighted by Crippen LogP contribution is 2.20. The molecule has 0 aliphatic heterocycles. The van der Waals surface area contributed by atoms with Gasteiger partial charge in [0.15, 0.2) is 21.4 Å². The van der Waals surface area contributed by atoms with Crippen LogP contribution in [0.2, 0.25) is 5.02 Å². The van der Waals surface area contributed by atoms with Gasteiger partial charge in [0.2, 0.25) is 5.91 Å². The lowest BCUT2D eigenvalue weighted by molar-refractivity contribution is -0.125. The van der Waals surface area contributed by atoms with E-state index in [0.29, 0.717) is 16.3 Å². The molecule has 1 amide bonds. The molecule has 0 bridgehead atoms. The fourth-order valence-electron chi connectivity index (χ4n) is 4.15. The Morgan fingerprint density at radius 3 is 2.48 bits per heavy atom. The maximum absolute atomic E-state index is 14.7. The van der Waals surface area contributed by atoms with Crippen LogP contribution in [0.4, 0.5) is 4.39 Å². The molecule has 3 aromatic carbocycles. The topological polar surface area (TPSA) is 141 Å². The molecule has 1 aromatic heterocycles. The molecule has 0 aliphatic rings. The normalized spacial score (nSPS) is 12.3. The molecule has 1 N–H and O–H groups in total. The van der Waals surface area contributed by atoms with Crippen LogP contribution < -0.4 is 5.32 Å². The standard InChI is InChI=1S/C29H25ClFN5O5S/c1-42(40,41)17-28(38)23-10-7-20(13-24(23)31)15-27(37)25(14-19-5-3-2-4-6-19)33-29(39)12-8-21-16-22(30)9-11-26(21)36-18-32-34-35-36/h2-13,16,18,25H,14-15,17H2,1H3,(H,33,39)/b12-8+/t25-/m0/s1. The van der Waals surface area contributed by atoms with Gasteiger partial charge < -0.3 is 5.32 Å². The molecule has 0 unspecified atom stereocenters. The second-order valence-electron chi connectivity index (χ2n) is 9.49. The van der Waals surface area contributed by atoms with Crippen LogP contribution in [0.25, 0.3) is 11.8 Å². The molecule has 0 saturated heterocycles. The summed E-state index contributed by atoms with van der Waals surface area (Å²) in [5.74, 6) is -3.59. The molecular weight excluding hydrogens is 585 g/mol. The number of hydrogen-bond acceptors (Lipinski definition) is 8. The molecule has 13 heteroatoms. The summed E-state index contributed by atoms with van der Waals surface area (Å²) in [6.07, 6.45) is 4.99. The number of carbonyl (C=O) groups is 3. The average Bonchev–Trinajstić information content (AvgIpc) is 3.46. The number of carbonyl (C=O) groups excluding carboxylic acids is 3. The van der Waals surface area contributed by atoms with Crippen molar-refractivity contribution >= 4 is 45.0 Å². The number of rotatable bonds is 12. The minimum atomic E-state index is -3.64. The quantitative estimate of drug-likeness (QED) is 0.191. The van der Waals surface area contributed by atoms with Gasteiger partial charge in [-0.1, -0.05) is 48.0 Å². The Bertz CT molecular complexity index is 1750. The van der Waals surface area contributed by atoms with Crippen molar-refractivity contribution in [3.8, 4) is 5.69 Å². The van der Waals surface area contributed by atoms with E-state index in [0.717, 1.165) is 24.0 Å². The van der Waals surface area contributed by atoms with Crippen molar-refractivity contribution in [3.05, 3.63) is 112 Å². The molecule has 0 radical (unpaired) electrons. The van der Waals surface area contributed by atoms with E-state index >= 15 is 0 Å². The number of sulfone groups is 1. The van der Waals surface area contributed by atoms with Gasteiger partial charge in [-0.2, -0.15) is 4.68 Å². The summed E-state index contributed by atoms with van der Waals surface area (Å²) in [5.41, 5.74) is 1.81. The maximum atomic E-state index is 14.7. The van der Waals surface area contributed by atoms with Gasteiger partial charge in [-0.15, -0.1) is 5.10 Å². The Kier molecular flexibility index (Phi) is 9.71. The van der Waals surface area contributed by atoms with Crippen LogP contribution in [0, 0.1) is 5.82 Å². The molecule has 216 valence electrons. The number of amides is 1. The second-order valence-corrected chi connectivity index (χ2v) is 12.1. The number of tetrazole rings is 1. The third-order valence-corrected chi connectivity index (χ3v) is 7.11. The van der Waals surface area contributed by atoms with Crippen LogP contribution in [0.5, 0.6) is 0 Å². The summed E-state index contributed by atoms with van der Waals surface area (Å²) in [7, 11) is -3.64. The molecule has 4 aromatic rings. The van der Waals surface area contributed by atoms with Gasteiger partial charge in [-0.3, -0.25) is 14.4 Å². The Balaban J connectivity index is 1.52. The van der Waals surface area contributed by atoms with E-state index < -0.39 is 44.9 Å². The summed E-state index contributed by atoms with van der Waals surface area (Å²) in [5, 5.41) is 14.3. The average molecular weight is 610 g/mol. The van der Waals surface area contributed by atoms with Crippen molar-refractivity contribution in [3.63, 3.8) is 0 Å². The van der Waals surface area contributed by atoms with Gasteiger partial charge >= 0.3 is 0 Å². The Labute approximate surface area is 246 Å². The fourth-order valence-corrected chi connectivity index (χ4v) is 4.97. The number of ketones is 2. The number of benzene rings is 3. The third-order valence-electron chi connectivity index (χ3n) is 6.09. The lowest BCUT2D eigenvalue weighted by Crippen LogP contribution is -2.42. The summed E-state index contributed by atoms with van der Waals surface area (Å²) < 4.78 is 38.9. The van der Waals surface area contributed by atoms with Crippen LogP contribution in [0.3, 0.4) is 0 Å². The van der Waals surface area contributed by atoms with Crippen LogP contribution in [-0.4, -0.2) is 64.1 Å². The molecule has 0 spiro atoms. The zero-order valence-corrected chi connectivity index (χ0v) is 23.8. The summed E-state index contributed by atoms with van der Waals surface area (Å²) in [4.78, 5) is 38.5. The zero-order chi connectivity index (χ0) is 30.3. The van der Waals surface area contributed by atoms with Crippen molar-refractivity contribution < 1.29 is 27.2 Å². The smallest absolute Gasteiger partial charge is 0.244 e. The summed E-state index contributed by atoms with van der Waals surface area (Å²) in [6.45, 7) is 0. The van der Waals surface area contributed by atoms with Gasteiger partial charge in [0.05, 0.1) is 17.3 Å². The summed E-state index contributed by atoms with van der Waals surface area (Å²) in [6, 6.07) is 16.6. The molecule has 1 heterocycles. The first-order valence-corrected chi connectivity index (χ1v) is 15.0. The first-order valence-electron chi connectivity index (χ1n) is 12.6. The van der Waals surface area contributed by atoms with E-state index in [-0.39, 0.29) is 24.0 Å². The van der Waals surface area contributed by atoms with Crippen LogP contribution in [-0.2, 0) is 32.3 Å². The SMILES string of the molecule is CS(=O)(=O)CC(=O)c1ccc(CC(=O)[C@H](Cc2ccccc2)NC(=O)/C=C/c2cc(Cl)ccc2-n2cnnn2)cc1F. The van der Waals surface area contributed by atoms with Crippen molar-refractivity contribution in [2.24, 2.45) is 0 Å². The maximum Gasteiger partial charge on any atom is 0.244 e. The van der Waals surface area contributed by atoms with E-state index in [9.17, 15) is 27.2 Å². The minimum Gasteiger partial charge on any atom is -0.342 e. The first-order chi connectivity index (χ1) is 20.0. The summed E-state index contributed by atoms with van der Waals surface area (Å²) >= 11 is 6.14. The predicted molar refractivity (Wildman–Crippen MR) is 154 cm³/mol. The molecule has 0 aliphatic carbocycles. The minimum absolute atomic E-state index is 0.180. The molecule has 0 saturated carbocycles. The van der Waals surface area contributed by atoms with E-state index in [1.165, 1.54) is 29.2 Å². The van der Waals surface area contributed by atoms with Gasteiger partial charge in [0.1, 0.15) is 17.9 Å². The van der Waals surface area contributed by atoms with Crippen LogP contribution in [0.1, 0.15) is 27.0 Å². The predicted octanol–water partition coefficient (Wildman–Crippen LogP) is 3.23. The van der Waals surface area contributed by atoms with E-state index in [1.807, 2.05) is 18.2 Å². The van der Waals surface area contributed by atoms with Crippen LogP contribution >= 0.6 is 11.6 Å². The van der Waals surface area contributed by atoms with E-state index in [1.54, 1.807) is 30.3 Å². The zero-order valence-electron chi connectivity index (χ0n) is 22.3. The van der Waals surface area contributed by atoms with Gasteiger partial charge in [0, 0.05) is 29.3 Å². The van der Waals surface area contributed by atoms with Crippen LogP contribution in [0.15, 0.2) is 79.1 Å². The number of Topliss-reactive ketones (excluding diaryl/α,β-unsaturated/α-hetero) is 2. The molecule has 4 rings (SSSR count). The monoisotopic (exact) mass is 609 g/mol. The number of nitrogens with zero attached hydrogens (tertiary/aromatic N) is 4. The Hall–Kier alpha value is -4.55. The molecule has 10 nitrogen and oxygen atoms in total. The van der Waals surface area contributed by atoms with Gasteiger partial charge in [0.25, 0.3) is 0 Å². The van der Waals surface area contributed by atoms with Gasteiger partial charge in [-0.05, 0) is 64.4 Å². The van der Waals surface area contributed by atoms with Crippen molar-refractivity contribution in [2.45, 2.75) is 18.9 Å². The van der Waals surface area contributed by atoms with Crippen molar-refractivity contribution in [1.29, 1.82) is 0 Å². The number of nitrogens with one attached hydrogen (secondary N) is 1. The number of halogens is 2. The largest absolute Gasteiger partial charge is 0.342 e. The van der Waals surface area contributed by atoms with E-state index in [4.69, 9.17) is 11.6 Å². The molecule has 42 heavy (non-hydrogen) atoms. The highest BCUT2D eigenvalue weighted by atomic mass is 35.5. The second kappa shape index (κ2) is 13.4. The Morgan fingerprint density at radius 1 is 1.05 bits per heavy atom. The Morgan fingerprint density at radius 2 is 1.81 bits per heavy atom. The lowest BCUT2D eigenvalue weighted by Gasteiger charge is -2.17. The number of hydrogen-bond donors (Lipinski definition) is 1. The molecule has 0 fully saturated rings. The highest BCUT2D eigenvalue weighted by molar-refractivity contribution is 7.91. The third kappa shape index (κ3) is 8.48. The molecule has 1 atom stereocenters. The lowest BCUT2D eigenvalue weighted by atomic mass is 9.96. The van der Waals surface area contributed by atoms with E-state index in [2.05, 4.69) is 20.8 Å². The highest BCUT2D eigenvalue weighted by Gasteiger charge is 2.23.